The Hall–Kier alpha value is -3.26. The Bertz CT molecular complexity index is 1120. The molecular weight excluding hydrogens is 410 g/mol. The normalized spacial score (nSPS) is 10.7. The summed E-state index contributed by atoms with van der Waals surface area (Å²) in [6.07, 6.45) is 3.14. The number of nitrogens with zero attached hydrogens (tertiary/aromatic N) is 4. The molecule has 0 saturated carbocycles. The Kier molecular flexibility index (Phi) is 4.55. The van der Waals surface area contributed by atoms with E-state index in [4.69, 9.17) is 4.74 Å². The number of carbonyl (C=O) groups excluding carboxylic acids is 1. The van der Waals surface area contributed by atoms with Gasteiger partial charge in [0, 0.05) is 22.6 Å². The largest absolute Gasteiger partial charge is 0.497 e. The van der Waals surface area contributed by atoms with Crippen LogP contribution >= 0.6 is 15.9 Å². The SMILES string of the molecule is COc1ccc(-n2nc3ccc(NC(=O)c4cncc(Br)c4)cc3n2)cc1. The number of hydrogen-bond donors (Lipinski definition) is 1. The van der Waals surface area contributed by atoms with Crippen LogP contribution in [0.2, 0.25) is 0 Å². The lowest BCUT2D eigenvalue weighted by Gasteiger charge is -2.04. The molecule has 0 saturated heterocycles. The molecule has 2 aromatic heterocycles. The van der Waals surface area contributed by atoms with E-state index >= 15 is 0 Å². The predicted octanol–water partition coefficient (Wildman–Crippen LogP) is 3.84. The zero-order valence-electron chi connectivity index (χ0n) is 14.3. The van der Waals surface area contributed by atoms with Crippen molar-refractivity contribution in [2.24, 2.45) is 0 Å². The van der Waals surface area contributed by atoms with E-state index in [-0.39, 0.29) is 5.91 Å². The summed E-state index contributed by atoms with van der Waals surface area (Å²) in [5.74, 6) is 0.521. The van der Waals surface area contributed by atoms with Gasteiger partial charge in [0.2, 0.25) is 0 Å². The maximum atomic E-state index is 12.4. The number of fused-ring (bicyclic) bond motifs is 1. The number of nitrogens with one attached hydrogen (secondary N) is 1. The third-order valence-corrected chi connectivity index (χ3v) is 4.34. The first kappa shape index (κ1) is 17.2. The number of methoxy groups -OCH3 is 1. The Labute approximate surface area is 163 Å². The number of carbonyl (C=O) groups is 1. The summed E-state index contributed by atoms with van der Waals surface area (Å²) >= 11 is 3.31. The van der Waals surface area contributed by atoms with Crippen molar-refractivity contribution in [3.8, 4) is 11.4 Å². The van der Waals surface area contributed by atoms with Gasteiger partial charge in [0.05, 0.1) is 18.4 Å². The molecule has 0 atom stereocenters. The lowest BCUT2D eigenvalue weighted by molar-refractivity contribution is 0.102. The van der Waals surface area contributed by atoms with E-state index < -0.39 is 0 Å². The number of aromatic nitrogens is 4. The van der Waals surface area contributed by atoms with Crippen molar-refractivity contribution in [3.63, 3.8) is 0 Å². The molecule has 0 radical (unpaired) electrons. The first-order valence-electron chi connectivity index (χ1n) is 8.06. The van der Waals surface area contributed by atoms with Crippen LogP contribution in [0.1, 0.15) is 10.4 Å². The molecule has 8 heteroatoms. The molecule has 2 heterocycles. The van der Waals surface area contributed by atoms with Gasteiger partial charge in [-0.1, -0.05) is 0 Å². The van der Waals surface area contributed by atoms with Crippen LogP contribution in [0.3, 0.4) is 0 Å². The molecular formula is C19H14BrN5O2. The van der Waals surface area contributed by atoms with Gasteiger partial charge in [-0.3, -0.25) is 9.78 Å². The van der Waals surface area contributed by atoms with Crippen LogP contribution in [-0.2, 0) is 0 Å². The molecule has 4 rings (SSSR count). The van der Waals surface area contributed by atoms with Gasteiger partial charge in [-0.05, 0) is 64.5 Å². The highest BCUT2D eigenvalue weighted by Gasteiger charge is 2.10. The van der Waals surface area contributed by atoms with E-state index in [1.54, 1.807) is 36.3 Å². The average molecular weight is 424 g/mol. The summed E-state index contributed by atoms with van der Waals surface area (Å²) in [6.45, 7) is 0. The maximum Gasteiger partial charge on any atom is 0.257 e. The third-order valence-electron chi connectivity index (χ3n) is 3.91. The molecule has 0 fully saturated rings. The summed E-state index contributed by atoms with van der Waals surface area (Å²) in [5, 5.41) is 11.8. The van der Waals surface area contributed by atoms with E-state index in [2.05, 4.69) is 36.4 Å². The highest BCUT2D eigenvalue weighted by molar-refractivity contribution is 9.10. The minimum absolute atomic E-state index is 0.245. The highest BCUT2D eigenvalue weighted by atomic mass is 79.9. The second-order valence-electron chi connectivity index (χ2n) is 5.74. The molecule has 4 aromatic rings. The molecule has 1 N–H and O–H groups in total. The van der Waals surface area contributed by atoms with Crippen molar-refractivity contribution in [2.45, 2.75) is 0 Å². The number of halogens is 1. The van der Waals surface area contributed by atoms with Gasteiger partial charge >= 0.3 is 0 Å². The van der Waals surface area contributed by atoms with Gasteiger partial charge in [-0.15, -0.1) is 10.2 Å². The van der Waals surface area contributed by atoms with Crippen LogP contribution in [0.25, 0.3) is 16.7 Å². The quantitative estimate of drug-likeness (QED) is 0.539. The predicted molar refractivity (Wildman–Crippen MR) is 105 cm³/mol. The Morgan fingerprint density at radius 2 is 1.81 bits per heavy atom. The first-order chi connectivity index (χ1) is 13.1. The van der Waals surface area contributed by atoms with Gasteiger partial charge in [-0.25, -0.2) is 0 Å². The number of benzene rings is 2. The fraction of sp³-hybridized carbons (Fsp3) is 0.0526. The van der Waals surface area contributed by atoms with Crippen LogP contribution in [-0.4, -0.2) is 33.0 Å². The Balaban J connectivity index is 1.59. The van der Waals surface area contributed by atoms with Gasteiger partial charge in [0.25, 0.3) is 5.91 Å². The van der Waals surface area contributed by atoms with Gasteiger partial charge in [0.1, 0.15) is 16.8 Å². The van der Waals surface area contributed by atoms with Crippen molar-refractivity contribution < 1.29 is 9.53 Å². The van der Waals surface area contributed by atoms with E-state index in [0.717, 1.165) is 21.4 Å². The van der Waals surface area contributed by atoms with Crippen molar-refractivity contribution in [1.29, 1.82) is 0 Å². The minimum Gasteiger partial charge on any atom is -0.497 e. The van der Waals surface area contributed by atoms with Crippen LogP contribution in [0.4, 0.5) is 5.69 Å². The molecule has 7 nitrogen and oxygen atoms in total. The Morgan fingerprint density at radius 1 is 1.04 bits per heavy atom. The van der Waals surface area contributed by atoms with Gasteiger partial charge < -0.3 is 10.1 Å². The first-order valence-corrected chi connectivity index (χ1v) is 8.85. The average Bonchev–Trinajstić information content (AvgIpc) is 3.11. The highest BCUT2D eigenvalue weighted by Crippen LogP contribution is 2.20. The number of amides is 1. The molecule has 134 valence electrons. The Morgan fingerprint density at radius 3 is 2.56 bits per heavy atom. The van der Waals surface area contributed by atoms with Gasteiger partial charge in [-0.2, -0.15) is 4.80 Å². The van der Waals surface area contributed by atoms with Crippen LogP contribution in [0.5, 0.6) is 5.75 Å². The molecule has 2 aromatic carbocycles. The lowest BCUT2D eigenvalue weighted by atomic mass is 10.2. The van der Waals surface area contributed by atoms with Crippen molar-refractivity contribution in [1.82, 2.24) is 20.0 Å². The number of hydrogen-bond acceptors (Lipinski definition) is 5. The smallest absolute Gasteiger partial charge is 0.257 e. The zero-order valence-corrected chi connectivity index (χ0v) is 15.8. The van der Waals surface area contributed by atoms with E-state index in [1.165, 1.54) is 6.20 Å². The number of ether oxygens (including phenoxy) is 1. The molecule has 0 spiro atoms. The fourth-order valence-corrected chi connectivity index (χ4v) is 2.93. The molecule has 0 bridgehead atoms. The van der Waals surface area contributed by atoms with Crippen molar-refractivity contribution in [3.05, 3.63) is 71.0 Å². The summed E-state index contributed by atoms with van der Waals surface area (Å²) < 4.78 is 5.91. The topological polar surface area (TPSA) is 81.9 Å². The summed E-state index contributed by atoms with van der Waals surface area (Å²) in [7, 11) is 1.62. The van der Waals surface area contributed by atoms with Crippen molar-refractivity contribution in [2.75, 3.05) is 12.4 Å². The second kappa shape index (κ2) is 7.16. The minimum atomic E-state index is -0.245. The zero-order chi connectivity index (χ0) is 18.8. The molecule has 0 aliphatic rings. The molecule has 0 aliphatic heterocycles. The van der Waals surface area contributed by atoms with Crippen LogP contribution in [0, 0.1) is 0 Å². The molecule has 27 heavy (non-hydrogen) atoms. The van der Waals surface area contributed by atoms with Crippen LogP contribution in [0.15, 0.2) is 65.4 Å². The standard InChI is InChI=1S/C19H14BrN5O2/c1-27-16-5-3-15(4-6-16)25-23-17-7-2-14(9-18(17)24-25)22-19(26)12-8-13(20)11-21-10-12/h2-11H,1H3,(H,22,26). The van der Waals surface area contributed by atoms with Crippen LogP contribution < -0.4 is 10.1 Å². The van der Waals surface area contributed by atoms with E-state index in [9.17, 15) is 4.79 Å². The van der Waals surface area contributed by atoms with Crippen molar-refractivity contribution >= 4 is 38.6 Å². The number of anilines is 1. The molecule has 1 amide bonds. The summed E-state index contributed by atoms with van der Waals surface area (Å²) in [4.78, 5) is 17.9. The second-order valence-corrected chi connectivity index (χ2v) is 6.65. The van der Waals surface area contributed by atoms with E-state index in [1.807, 2.05) is 30.3 Å². The van der Waals surface area contributed by atoms with Gasteiger partial charge in [0.15, 0.2) is 0 Å². The lowest BCUT2D eigenvalue weighted by Crippen LogP contribution is -2.12. The third kappa shape index (κ3) is 3.65. The van der Waals surface area contributed by atoms with E-state index in [0.29, 0.717) is 16.8 Å². The summed E-state index contributed by atoms with van der Waals surface area (Å²) in [5.41, 5.74) is 3.32. The molecule has 0 aliphatic carbocycles. The fourth-order valence-electron chi connectivity index (χ4n) is 2.56. The number of rotatable bonds is 4. The monoisotopic (exact) mass is 423 g/mol. The maximum absolute atomic E-state index is 12.4. The number of pyridine rings is 1. The summed E-state index contributed by atoms with van der Waals surface area (Å²) in [6, 6.07) is 14.5. The molecule has 0 unspecified atom stereocenters.